The Hall–Kier alpha value is -5.37. The summed E-state index contributed by atoms with van der Waals surface area (Å²) in [6, 6.07) is 19.8. The summed E-state index contributed by atoms with van der Waals surface area (Å²) in [5.41, 5.74) is 1.71. The standard InChI is InChI=1S/C43H51FN8O5/c1-5-51(29(2)35-9-7-21-45-37(35)49(24-30-11-15-33(55-3)16-12-30)25-31-13-17-34(56-4)18-14-31)39-46-40(52-27-43(38(52)54)20-6-10-36(43)53)48-41(47-39)57-28-42-19-8-22-50(42)26-32(44)23-42/h7,9,11-18,21,29,32H,5-6,8,10,19-20,22-28H2,1-4H3/t29-,32-,42+,43?/m1/s1. The summed E-state index contributed by atoms with van der Waals surface area (Å²) in [6.45, 7) is 7.46. The fourth-order valence-corrected chi connectivity index (χ4v) is 9.22. The monoisotopic (exact) mass is 778 g/mol. The molecule has 13 nitrogen and oxygen atoms in total. The number of hydrogen-bond acceptors (Lipinski definition) is 12. The largest absolute Gasteiger partial charge is 0.497 e. The van der Waals surface area contributed by atoms with Crippen molar-refractivity contribution in [1.82, 2.24) is 24.8 Å². The van der Waals surface area contributed by atoms with Crippen LogP contribution in [0, 0.1) is 5.41 Å². The fraction of sp³-hybridized carbons (Fsp3) is 0.488. The van der Waals surface area contributed by atoms with Crippen molar-refractivity contribution in [2.45, 2.75) is 83.2 Å². The molecule has 57 heavy (non-hydrogen) atoms. The minimum Gasteiger partial charge on any atom is -0.497 e. The number of ether oxygens (including phenoxy) is 3. The van der Waals surface area contributed by atoms with Crippen LogP contribution in [0.3, 0.4) is 0 Å². The number of fused-ring (bicyclic) bond motifs is 1. The van der Waals surface area contributed by atoms with Crippen LogP contribution in [0.4, 0.5) is 22.1 Å². The maximum absolute atomic E-state index is 14.7. The molecule has 14 heteroatoms. The van der Waals surface area contributed by atoms with Gasteiger partial charge in [-0.25, -0.2) is 9.37 Å². The van der Waals surface area contributed by atoms with Crippen molar-refractivity contribution in [3.05, 3.63) is 83.6 Å². The van der Waals surface area contributed by atoms with E-state index in [4.69, 9.17) is 29.2 Å². The number of benzene rings is 2. The molecule has 8 rings (SSSR count). The zero-order valence-corrected chi connectivity index (χ0v) is 33.2. The van der Waals surface area contributed by atoms with Crippen LogP contribution < -0.4 is 28.9 Å². The second-order valence-electron chi connectivity index (χ2n) is 15.8. The smallest absolute Gasteiger partial charge is 0.323 e. The molecular formula is C43H51FN8O5. The number of pyridine rings is 1. The van der Waals surface area contributed by atoms with E-state index in [9.17, 15) is 14.0 Å². The molecule has 1 unspecified atom stereocenters. The fourth-order valence-electron chi connectivity index (χ4n) is 9.22. The van der Waals surface area contributed by atoms with Gasteiger partial charge in [0.05, 0.1) is 32.3 Å². The van der Waals surface area contributed by atoms with Crippen LogP contribution in [0.25, 0.3) is 0 Å². The van der Waals surface area contributed by atoms with Crippen LogP contribution in [-0.2, 0) is 22.7 Å². The van der Waals surface area contributed by atoms with Crippen molar-refractivity contribution < 1.29 is 28.2 Å². The number of carbonyl (C=O) groups is 2. The molecule has 4 fully saturated rings. The van der Waals surface area contributed by atoms with Gasteiger partial charge in [0.2, 0.25) is 17.8 Å². The molecule has 3 aliphatic heterocycles. The number of alkyl halides is 1. The van der Waals surface area contributed by atoms with Crippen molar-refractivity contribution >= 4 is 29.4 Å². The van der Waals surface area contributed by atoms with Crippen molar-refractivity contribution in [2.24, 2.45) is 5.41 Å². The van der Waals surface area contributed by atoms with E-state index in [1.807, 2.05) is 42.2 Å². The van der Waals surface area contributed by atoms with Gasteiger partial charge in [-0.15, -0.1) is 0 Å². The summed E-state index contributed by atoms with van der Waals surface area (Å²) in [6.07, 6.45) is 4.75. The average Bonchev–Trinajstić information content (AvgIpc) is 3.91. The van der Waals surface area contributed by atoms with E-state index in [-0.39, 0.29) is 42.8 Å². The second kappa shape index (κ2) is 15.9. The number of halogens is 1. The number of carbonyl (C=O) groups excluding carboxylic acids is 2. The van der Waals surface area contributed by atoms with E-state index in [2.05, 4.69) is 52.0 Å². The first-order valence-electron chi connectivity index (χ1n) is 20.0. The Morgan fingerprint density at radius 1 is 0.930 bits per heavy atom. The van der Waals surface area contributed by atoms with Gasteiger partial charge in [0.1, 0.15) is 41.3 Å². The van der Waals surface area contributed by atoms with Crippen molar-refractivity contribution in [3.8, 4) is 17.5 Å². The molecule has 1 spiro atoms. The van der Waals surface area contributed by atoms with Gasteiger partial charge in [0.15, 0.2) is 0 Å². The molecule has 1 aliphatic carbocycles. The Kier molecular flexibility index (Phi) is 10.7. The third kappa shape index (κ3) is 7.35. The lowest BCUT2D eigenvalue weighted by Gasteiger charge is -2.44. The van der Waals surface area contributed by atoms with E-state index in [1.54, 1.807) is 20.4 Å². The molecule has 4 aliphatic rings. The lowest BCUT2D eigenvalue weighted by atomic mass is 9.76. The van der Waals surface area contributed by atoms with Gasteiger partial charge in [-0.1, -0.05) is 30.3 Å². The summed E-state index contributed by atoms with van der Waals surface area (Å²) in [7, 11) is 3.31. The lowest BCUT2D eigenvalue weighted by molar-refractivity contribution is -0.144. The second-order valence-corrected chi connectivity index (χ2v) is 15.8. The number of β-lactam (4-membered cyclic amide) rings is 1. The highest BCUT2D eigenvalue weighted by Crippen LogP contribution is 2.46. The van der Waals surface area contributed by atoms with Crippen molar-refractivity contribution in [2.75, 3.05) is 61.7 Å². The predicted molar refractivity (Wildman–Crippen MR) is 214 cm³/mol. The molecule has 300 valence electrons. The molecule has 4 atom stereocenters. The van der Waals surface area contributed by atoms with Crippen LogP contribution in [0.1, 0.15) is 75.1 Å². The molecule has 1 amide bonds. The number of anilines is 3. The number of methoxy groups -OCH3 is 2. The molecule has 5 heterocycles. The van der Waals surface area contributed by atoms with Crippen LogP contribution in [-0.4, -0.2) is 95.2 Å². The van der Waals surface area contributed by atoms with Gasteiger partial charge in [-0.3, -0.25) is 19.4 Å². The predicted octanol–water partition coefficient (Wildman–Crippen LogP) is 6.12. The SMILES string of the molecule is CCN(c1nc(OC[C@@]23CCCN2C[C@H](F)C3)nc(N2CC3(CCCC3=O)C2=O)n1)[C@H](C)c1cccnc1N(Cc1ccc(OC)cc1)Cc1ccc(OC)cc1. The highest BCUT2D eigenvalue weighted by atomic mass is 19.1. The Bertz CT molecular complexity index is 2040. The summed E-state index contributed by atoms with van der Waals surface area (Å²) >= 11 is 0. The third-order valence-corrected chi connectivity index (χ3v) is 12.4. The van der Waals surface area contributed by atoms with Gasteiger partial charge < -0.3 is 24.0 Å². The molecule has 0 bridgehead atoms. The number of nitrogens with zero attached hydrogens (tertiary/aromatic N) is 8. The van der Waals surface area contributed by atoms with Crippen molar-refractivity contribution in [1.29, 1.82) is 0 Å². The van der Waals surface area contributed by atoms with E-state index in [0.717, 1.165) is 53.4 Å². The summed E-state index contributed by atoms with van der Waals surface area (Å²) < 4.78 is 31.9. The maximum atomic E-state index is 14.7. The Labute approximate surface area is 333 Å². The summed E-state index contributed by atoms with van der Waals surface area (Å²) in [4.78, 5) is 53.9. The van der Waals surface area contributed by atoms with Crippen LogP contribution in [0.2, 0.25) is 0 Å². The molecule has 3 saturated heterocycles. The third-order valence-electron chi connectivity index (χ3n) is 12.4. The minimum atomic E-state index is -0.989. The van der Waals surface area contributed by atoms with Gasteiger partial charge >= 0.3 is 6.01 Å². The first-order valence-corrected chi connectivity index (χ1v) is 20.0. The zero-order chi connectivity index (χ0) is 39.7. The maximum Gasteiger partial charge on any atom is 0.323 e. The number of aromatic nitrogens is 4. The Balaban J connectivity index is 1.13. The highest BCUT2D eigenvalue weighted by molar-refractivity contribution is 6.18. The lowest BCUT2D eigenvalue weighted by Crippen LogP contribution is -2.64. The summed E-state index contributed by atoms with van der Waals surface area (Å²) in [5, 5.41) is 0. The number of amides is 1. The molecule has 4 aromatic rings. The zero-order valence-electron chi connectivity index (χ0n) is 33.2. The normalized spacial score (nSPS) is 23.4. The van der Waals surface area contributed by atoms with Crippen molar-refractivity contribution in [3.63, 3.8) is 0 Å². The van der Waals surface area contributed by atoms with E-state index < -0.39 is 17.1 Å². The van der Waals surface area contributed by atoms with Crippen LogP contribution in [0.15, 0.2) is 66.9 Å². The van der Waals surface area contributed by atoms with Crippen LogP contribution in [0.5, 0.6) is 17.5 Å². The Morgan fingerprint density at radius 3 is 2.25 bits per heavy atom. The molecular weight excluding hydrogens is 728 g/mol. The molecule has 0 N–H and O–H groups in total. The molecule has 2 aromatic heterocycles. The minimum absolute atomic E-state index is 0.0151. The number of ketones is 1. The first kappa shape index (κ1) is 38.5. The molecule has 2 aromatic carbocycles. The summed E-state index contributed by atoms with van der Waals surface area (Å²) in [5.74, 6) is 2.56. The van der Waals surface area contributed by atoms with E-state index in [0.29, 0.717) is 57.8 Å². The van der Waals surface area contributed by atoms with Gasteiger partial charge in [0, 0.05) is 50.8 Å². The number of rotatable bonds is 15. The number of Topliss-reactive ketones (excluding diaryl/α,β-unsaturated/α-hetero) is 1. The van der Waals surface area contributed by atoms with E-state index >= 15 is 0 Å². The first-order chi connectivity index (χ1) is 27.6. The number of hydrogen-bond donors (Lipinski definition) is 0. The van der Waals surface area contributed by atoms with Crippen LogP contribution >= 0.6 is 0 Å². The quantitative estimate of drug-likeness (QED) is 0.102. The van der Waals surface area contributed by atoms with Gasteiger partial charge in [-0.05, 0) is 87.5 Å². The van der Waals surface area contributed by atoms with Gasteiger partial charge in [-0.2, -0.15) is 15.0 Å². The highest BCUT2D eigenvalue weighted by Gasteiger charge is 2.60. The molecule has 1 saturated carbocycles. The van der Waals surface area contributed by atoms with Gasteiger partial charge in [0.25, 0.3) is 0 Å². The Morgan fingerprint density at radius 2 is 1.63 bits per heavy atom. The molecule has 0 radical (unpaired) electrons. The topological polar surface area (TPSA) is 126 Å². The van der Waals surface area contributed by atoms with E-state index in [1.165, 1.54) is 4.90 Å². The average molecular weight is 779 g/mol.